The molecule has 1 aromatic carbocycles. The summed E-state index contributed by atoms with van der Waals surface area (Å²) in [6, 6.07) is 5.72. The maximum Gasteiger partial charge on any atom is 0.259 e. The molecule has 14 heteroatoms. The molecule has 0 radical (unpaired) electrons. The topological polar surface area (TPSA) is 157 Å². The molecule has 3 amide bonds. The maximum atomic E-state index is 14.2. The van der Waals surface area contributed by atoms with Gasteiger partial charge in [-0.2, -0.15) is 0 Å². The van der Waals surface area contributed by atoms with Crippen molar-refractivity contribution in [2.24, 2.45) is 17.8 Å². The molecular weight excluding hydrogens is 703 g/mol. The van der Waals surface area contributed by atoms with Crippen molar-refractivity contribution in [2.45, 2.75) is 94.9 Å². The second-order valence-electron chi connectivity index (χ2n) is 15.1. The van der Waals surface area contributed by atoms with Crippen molar-refractivity contribution in [2.75, 3.05) is 20.7 Å². The second-order valence-corrected chi connectivity index (χ2v) is 17.9. The van der Waals surface area contributed by atoms with Gasteiger partial charge in [-0.1, -0.05) is 26.0 Å². The fraction of sp³-hybridized carbons (Fsp3) is 0.553. The van der Waals surface area contributed by atoms with E-state index in [1.807, 2.05) is 37.3 Å². The van der Waals surface area contributed by atoms with Crippen molar-refractivity contribution in [3.8, 4) is 22.2 Å². The summed E-state index contributed by atoms with van der Waals surface area (Å²) in [5.74, 6) is -1.72. The van der Waals surface area contributed by atoms with Gasteiger partial charge in [0.15, 0.2) is 0 Å². The first-order valence-electron chi connectivity index (χ1n) is 18.2. The Morgan fingerprint density at radius 2 is 1.88 bits per heavy atom. The molecule has 0 spiro atoms. The second kappa shape index (κ2) is 14.1. The molecule has 4 aliphatic rings. The Bertz CT molecular complexity index is 2040. The van der Waals surface area contributed by atoms with Gasteiger partial charge in [-0.25, -0.2) is 18.4 Å². The number of nitrogens with zero attached hydrogens (tertiary/aromatic N) is 3. The number of fused-ring (bicyclic) bond motifs is 3. The summed E-state index contributed by atoms with van der Waals surface area (Å²) in [6.07, 6.45) is 7.60. The third kappa shape index (κ3) is 7.03. The summed E-state index contributed by atoms with van der Waals surface area (Å²) in [7, 11) is -0.470. The molecule has 0 bridgehead atoms. The predicted octanol–water partition coefficient (Wildman–Crippen LogP) is 5.25. The van der Waals surface area contributed by atoms with Gasteiger partial charge < -0.3 is 19.7 Å². The Balaban J connectivity index is 1.18. The molecule has 52 heavy (non-hydrogen) atoms. The molecule has 0 saturated heterocycles. The van der Waals surface area contributed by atoms with Crippen molar-refractivity contribution in [1.29, 1.82) is 0 Å². The minimum Gasteiger partial charge on any atom is -0.496 e. The van der Waals surface area contributed by atoms with Gasteiger partial charge in [0.1, 0.15) is 28.1 Å². The van der Waals surface area contributed by atoms with Gasteiger partial charge in [-0.15, -0.1) is 11.3 Å². The first-order chi connectivity index (χ1) is 24.8. The average Bonchev–Trinajstić information content (AvgIpc) is 3.99. The van der Waals surface area contributed by atoms with Gasteiger partial charge in [0.25, 0.3) is 5.91 Å². The zero-order valence-electron chi connectivity index (χ0n) is 30.3. The highest BCUT2D eigenvalue weighted by Gasteiger charge is 2.62. The number of rotatable bonds is 8. The SMILES string of the molecule is COc1cc(O[C@@H]2C[C@H]3C(=O)N[C@]4(C(=O)NS(=O)(=O)C5CC5)C[C@H]4/C=C\CCCCN(C)C(=O)[C@@H]3C2)c2ccc(-c3nc(C(C)C)cs3)nc2c1C. The molecule has 3 heterocycles. The number of benzene rings is 1. The zero-order valence-corrected chi connectivity index (χ0v) is 31.9. The first kappa shape index (κ1) is 36.3. The van der Waals surface area contributed by atoms with E-state index in [0.29, 0.717) is 48.7 Å². The Hall–Kier alpha value is -4.04. The van der Waals surface area contributed by atoms with Crippen molar-refractivity contribution in [1.82, 2.24) is 24.9 Å². The van der Waals surface area contributed by atoms with Gasteiger partial charge >= 0.3 is 0 Å². The smallest absolute Gasteiger partial charge is 0.259 e. The highest BCUT2D eigenvalue weighted by molar-refractivity contribution is 7.91. The summed E-state index contributed by atoms with van der Waals surface area (Å²) in [6.45, 7) is 6.72. The lowest BCUT2D eigenvalue weighted by Crippen LogP contribution is -2.54. The highest BCUT2D eigenvalue weighted by atomic mass is 32.2. The fourth-order valence-corrected chi connectivity index (χ4v) is 9.85. The molecular formula is C38H47N5O7S2. The number of nitrogens with one attached hydrogen (secondary N) is 2. The molecule has 278 valence electrons. The number of carbonyl (C=O) groups is 3. The molecule has 7 rings (SSSR count). The lowest BCUT2D eigenvalue weighted by atomic mass is 9.93. The number of ether oxygens (including phenoxy) is 2. The van der Waals surface area contributed by atoms with Crippen LogP contribution in [0.5, 0.6) is 11.5 Å². The minimum absolute atomic E-state index is 0.150. The summed E-state index contributed by atoms with van der Waals surface area (Å²) in [5, 5.41) is 6.02. The molecule has 5 atom stereocenters. The van der Waals surface area contributed by atoms with E-state index in [-0.39, 0.29) is 24.7 Å². The number of amides is 3. The van der Waals surface area contributed by atoms with Crippen LogP contribution in [-0.4, -0.2) is 78.6 Å². The van der Waals surface area contributed by atoms with Crippen molar-refractivity contribution < 1.29 is 32.3 Å². The Morgan fingerprint density at radius 3 is 2.60 bits per heavy atom. The summed E-state index contributed by atoms with van der Waals surface area (Å²) in [5.41, 5.74) is 1.93. The monoisotopic (exact) mass is 749 g/mol. The summed E-state index contributed by atoms with van der Waals surface area (Å²) >= 11 is 1.55. The van der Waals surface area contributed by atoms with E-state index >= 15 is 0 Å². The Labute approximate surface area is 308 Å². The highest BCUT2D eigenvalue weighted by Crippen LogP contribution is 2.47. The van der Waals surface area contributed by atoms with Gasteiger partial charge in [-0.3, -0.25) is 19.1 Å². The molecule has 0 unspecified atom stereocenters. The van der Waals surface area contributed by atoms with Crippen LogP contribution in [-0.2, 0) is 24.4 Å². The standard InChI is InChI=1S/C38H47N5O7S2/c1-21(2)30-20-51-35(40-30)29-14-13-26-32(18-31(49-5)22(3)33(26)39-29)50-24-16-27-28(17-24)36(45)43(4)15-9-7-6-8-10-23-19-38(23,41-34(27)44)37(46)42-52(47,48)25-11-12-25/h8,10,13-14,18,20-21,23-25,27-28H,6-7,9,11-12,15-17,19H2,1-5H3,(H,41,44)(H,42,46)/b10-8-/t23-,24-,27-,28-,38-/m1/s1. The predicted molar refractivity (Wildman–Crippen MR) is 199 cm³/mol. The van der Waals surface area contributed by atoms with E-state index < -0.39 is 50.6 Å². The maximum absolute atomic E-state index is 14.2. The normalized spacial score (nSPS) is 27.4. The third-order valence-electron chi connectivity index (χ3n) is 11.0. The van der Waals surface area contributed by atoms with Crippen molar-refractivity contribution >= 4 is 50.0 Å². The Kier molecular flexibility index (Phi) is 9.83. The van der Waals surface area contributed by atoms with Crippen LogP contribution in [0.1, 0.15) is 82.4 Å². The molecule has 3 aromatic rings. The molecule has 3 saturated carbocycles. The number of carbonyl (C=O) groups excluding carboxylic acids is 3. The van der Waals surface area contributed by atoms with E-state index in [1.54, 1.807) is 30.4 Å². The van der Waals surface area contributed by atoms with Crippen LogP contribution in [0.4, 0.5) is 0 Å². The number of methoxy groups -OCH3 is 1. The number of pyridine rings is 1. The van der Waals surface area contributed by atoms with E-state index in [4.69, 9.17) is 19.4 Å². The van der Waals surface area contributed by atoms with Crippen molar-refractivity contribution in [3.63, 3.8) is 0 Å². The molecule has 3 aliphatic carbocycles. The van der Waals surface area contributed by atoms with Crippen LogP contribution in [0.3, 0.4) is 0 Å². The number of hydrogen-bond acceptors (Lipinski definition) is 10. The van der Waals surface area contributed by atoms with Crippen LogP contribution >= 0.6 is 11.3 Å². The minimum atomic E-state index is -3.82. The van der Waals surface area contributed by atoms with Crippen LogP contribution < -0.4 is 19.5 Å². The largest absolute Gasteiger partial charge is 0.496 e. The number of allylic oxidation sites excluding steroid dienone is 1. The number of aromatic nitrogens is 2. The van der Waals surface area contributed by atoms with E-state index in [9.17, 15) is 22.8 Å². The van der Waals surface area contributed by atoms with E-state index in [2.05, 4.69) is 29.3 Å². The van der Waals surface area contributed by atoms with Gasteiger partial charge in [-0.05, 0) is 76.3 Å². The van der Waals surface area contributed by atoms with Gasteiger partial charge in [0.2, 0.25) is 21.8 Å². The van der Waals surface area contributed by atoms with Crippen LogP contribution in [0, 0.1) is 24.7 Å². The lowest BCUT2D eigenvalue weighted by Gasteiger charge is -2.26. The van der Waals surface area contributed by atoms with Crippen molar-refractivity contribution in [3.05, 3.63) is 47.0 Å². The zero-order chi connectivity index (χ0) is 36.9. The van der Waals surface area contributed by atoms with Gasteiger partial charge in [0.05, 0.1) is 41.1 Å². The van der Waals surface area contributed by atoms with E-state index in [0.717, 1.165) is 46.6 Å². The number of thiazole rings is 1. The lowest BCUT2D eigenvalue weighted by molar-refractivity contribution is -0.140. The number of sulfonamides is 1. The average molecular weight is 750 g/mol. The quantitative estimate of drug-likeness (QED) is 0.294. The fourth-order valence-electron chi connectivity index (χ4n) is 7.53. The molecule has 2 N–H and O–H groups in total. The Morgan fingerprint density at radius 1 is 1.12 bits per heavy atom. The number of aryl methyl sites for hydroxylation is 1. The van der Waals surface area contributed by atoms with Gasteiger partial charge in [0, 0.05) is 41.9 Å². The van der Waals surface area contributed by atoms with E-state index in [1.165, 1.54) is 0 Å². The van der Waals surface area contributed by atoms with Crippen LogP contribution in [0.25, 0.3) is 21.6 Å². The molecule has 2 aromatic heterocycles. The van der Waals surface area contributed by atoms with Crippen LogP contribution in [0.15, 0.2) is 35.7 Å². The first-order valence-corrected chi connectivity index (χ1v) is 20.6. The number of hydrogen-bond donors (Lipinski definition) is 2. The third-order valence-corrected chi connectivity index (χ3v) is 13.7. The molecule has 1 aliphatic heterocycles. The summed E-state index contributed by atoms with van der Waals surface area (Å²) < 4.78 is 40.2. The summed E-state index contributed by atoms with van der Waals surface area (Å²) in [4.78, 5) is 53.3. The molecule has 3 fully saturated rings. The van der Waals surface area contributed by atoms with Crippen LogP contribution in [0.2, 0.25) is 0 Å². The molecule has 12 nitrogen and oxygen atoms in total.